The maximum absolute atomic E-state index is 12.7. The van der Waals surface area contributed by atoms with Crippen LogP contribution in [0.15, 0.2) is 6.20 Å². The number of carbonyl (C=O) groups excluding carboxylic acids is 1. The van der Waals surface area contributed by atoms with Crippen LogP contribution in [0.1, 0.15) is 68.4 Å². The molecule has 0 atom stereocenters. The largest absolute Gasteiger partial charge is 0.377 e. The van der Waals surface area contributed by atoms with Gasteiger partial charge in [0.25, 0.3) is 0 Å². The third-order valence-corrected chi connectivity index (χ3v) is 5.77. The number of rotatable bonds is 6. The van der Waals surface area contributed by atoms with Crippen LogP contribution in [0.5, 0.6) is 0 Å². The summed E-state index contributed by atoms with van der Waals surface area (Å²) in [4.78, 5) is 26.2. The minimum atomic E-state index is 0.295. The van der Waals surface area contributed by atoms with Crippen molar-refractivity contribution >= 4 is 5.91 Å². The monoisotopic (exact) mass is 374 g/mol. The summed E-state index contributed by atoms with van der Waals surface area (Å²) in [6.07, 6.45) is 8.92. The molecule has 0 radical (unpaired) electrons. The molecule has 0 bridgehead atoms. The molecule has 150 valence electrons. The van der Waals surface area contributed by atoms with E-state index in [2.05, 4.69) is 14.8 Å². The Balaban J connectivity index is 1.55. The van der Waals surface area contributed by atoms with Gasteiger partial charge in [0.2, 0.25) is 5.91 Å². The Kier molecular flexibility index (Phi) is 7.59. The van der Waals surface area contributed by atoms with Gasteiger partial charge in [-0.25, -0.2) is 9.97 Å². The first-order valence-corrected chi connectivity index (χ1v) is 10.6. The molecule has 2 fully saturated rings. The number of hydrogen-bond donors (Lipinski definition) is 0. The van der Waals surface area contributed by atoms with Crippen LogP contribution in [0.2, 0.25) is 0 Å². The number of nitrogens with zero attached hydrogens (tertiary/aromatic N) is 4. The van der Waals surface area contributed by atoms with Crippen molar-refractivity contribution in [3.63, 3.8) is 0 Å². The molecule has 0 aromatic carbocycles. The van der Waals surface area contributed by atoms with E-state index < -0.39 is 0 Å². The summed E-state index contributed by atoms with van der Waals surface area (Å²) < 4.78 is 5.59. The SMILES string of the molecule is CCOCc1cnc(C)nc1C1CCN(C(=O)CN2CCCCCC2)CC1. The molecular formula is C21H34N4O2. The molecule has 0 spiro atoms. The van der Waals surface area contributed by atoms with Gasteiger partial charge >= 0.3 is 0 Å². The number of hydrogen-bond acceptors (Lipinski definition) is 5. The minimum Gasteiger partial charge on any atom is -0.377 e. The van der Waals surface area contributed by atoms with E-state index in [0.717, 1.165) is 56.1 Å². The van der Waals surface area contributed by atoms with Gasteiger partial charge in [0.15, 0.2) is 0 Å². The second kappa shape index (κ2) is 10.1. The third kappa shape index (κ3) is 5.72. The van der Waals surface area contributed by atoms with E-state index in [9.17, 15) is 4.79 Å². The molecule has 6 nitrogen and oxygen atoms in total. The molecule has 0 aliphatic carbocycles. The normalized spacial score (nSPS) is 19.9. The maximum atomic E-state index is 12.7. The molecule has 2 aliphatic heterocycles. The summed E-state index contributed by atoms with van der Waals surface area (Å²) in [6.45, 7) is 9.59. The fraction of sp³-hybridized carbons (Fsp3) is 0.762. The zero-order chi connectivity index (χ0) is 19.1. The summed E-state index contributed by atoms with van der Waals surface area (Å²) in [6, 6.07) is 0. The van der Waals surface area contributed by atoms with Crippen LogP contribution in [0.4, 0.5) is 0 Å². The lowest BCUT2D eigenvalue weighted by Crippen LogP contribution is -2.44. The molecule has 1 amide bonds. The highest BCUT2D eigenvalue weighted by Gasteiger charge is 2.27. The van der Waals surface area contributed by atoms with Gasteiger partial charge in [-0.3, -0.25) is 9.69 Å². The summed E-state index contributed by atoms with van der Waals surface area (Å²) in [5.41, 5.74) is 2.22. The van der Waals surface area contributed by atoms with Crippen LogP contribution < -0.4 is 0 Å². The predicted octanol–water partition coefficient (Wildman–Crippen LogP) is 2.90. The van der Waals surface area contributed by atoms with Crippen LogP contribution >= 0.6 is 0 Å². The van der Waals surface area contributed by atoms with E-state index >= 15 is 0 Å². The molecule has 27 heavy (non-hydrogen) atoms. The maximum Gasteiger partial charge on any atom is 0.236 e. The van der Waals surface area contributed by atoms with Crippen molar-refractivity contribution in [3.8, 4) is 0 Å². The Morgan fingerprint density at radius 1 is 1.15 bits per heavy atom. The van der Waals surface area contributed by atoms with E-state index in [1.807, 2.05) is 20.0 Å². The lowest BCUT2D eigenvalue weighted by atomic mass is 9.91. The van der Waals surface area contributed by atoms with Crippen molar-refractivity contribution in [2.24, 2.45) is 0 Å². The van der Waals surface area contributed by atoms with Crippen LogP contribution in [-0.2, 0) is 16.1 Å². The molecule has 0 N–H and O–H groups in total. The van der Waals surface area contributed by atoms with Gasteiger partial charge in [0, 0.05) is 37.4 Å². The molecular weight excluding hydrogens is 340 g/mol. The van der Waals surface area contributed by atoms with Gasteiger partial charge in [-0.2, -0.15) is 0 Å². The predicted molar refractivity (Wildman–Crippen MR) is 106 cm³/mol. The van der Waals surface area contributed by atoms with Crippen molar-refractivity contribution in [2.45, 2.75) is 64.9 Å². The Morgan fingerprint density at radius 3 is 2.52 bits per heavy atom. The topological polar surface area (TPSA) is 58.6 Å². The number of likely N-dealkylation sites (tertiary alicyclic amines) is 2. The Morgan fingerprint density at radius 2 is 1.85 bits per heavy atom. The minimum absolute atomic E-state index is 0.295. The lowest BCUT2D eigenvalue weighted by Gasteiger charge is -2.34. The summed E-state index contributed by atoms with van der Waals surface area (Å²) in [5, 5.41) is 0. The highest BCUT2D eigenvalue weighted by Crippen LogP contribution is 2.29. The van der Waals surface area contributed by atoms with Crippen LogP contribution in [-0.4, -0.2) is 65.0 Å². The molecule has 0 saturated carbocycles. The van der Waals surface area contributed by atoms with Gasteiger partial charge in [0.1, 0.15) is 5.82 Å². The van der Waals surface area contributed by atoms with Crippen molar-refractivity contribution in [1.29, 1.82) is 0 Å². The fourth-order valence-corrected chi connectivity index (χ4v) is 4.18. The molecule has 6 heteroatoms. The first kappa shape index (κ1) is 20.2. The quantitative estimate of drug-likeness (QED) is 0.766. The second-order valence-corrected chi connectivity index (χ2v) is 7.81. The van der Waals surface area contributed by atoms with E-state index in [-0.39, 0.29) is 0 Å². The first-order chi connectivity index (χ1) is 13.2. The number of aryl methyl sites for hydroxylation is 1. The van der Waals surface area contributed by atoms with E-state index in [0.29, 0.717) is 31.6 Å². The number of ether oxygens (including phenoxy) is 1. The van der Waals surface area contributed by atoms with Crippen molar-refractivity contribution in [1.82, 2.24) is 19.8 Å². The average Bonchev–Trinajstić information content (AvgIpc) is 2.96. The highest BCUT2D eigenvalue weighted by molar-refractivity contribution is 5.78. The van der Waals surface area contributed by atoms with Gasteiger partial charge in [-0.15, -0.1) is 0 Å². The summed E-state index contributed by atoms with van der Waals surface area (Å²) >= 11 is 0. The van der Waals surface area contributed by atoms with Gasteiger partial charge < -0.3 is 9.64 Å². The number of aromatic nitrogens is 2. The summed E-state index contributed by atoms with van der Waals surface area (Å²) in [5.74, 6) is 1.50. The molecule has 2 saturated heterocycles. The van der Waals surface area contributed by atoms with E-state index in [4.69, 9.17) is 9.72 Å². The fourth-order valence-electron chi connectivity index (χ4n) is 4.18. The third-order valence-electron chi connectivity index (χ3n) is 5.77. The number of amides is 1. The lowest BCUT2D eigenvalue weighted by molar-refractivity contribution is -0.133. The molecule has 2 aliphatic rings. The van der Waals surface area contributed by atoms with E-state index in [1.54, 1.807) is 0 Å². The molecule has 1 aromatic rings. The van der Waals surface area contributed by atoms with E-state index in [1.165, 1.54) is 25.7 Å². The van der Waals surface area contributed by atoms with Gasteiger partial charge in [0.05, 0.1) is 18.8 Å². The van der Waals surface area contributed by atoms with Gasteiger partial charge in [-0.05, 0) is 52.6 Å². The molecule has 3 heterocycles. The standard InChI is InChI=1S/C21H34N4O2/c1-3-27-16-19-14-22-17(2)23-21(19)18-8-12-25(13-9-18)20(26)15-24-10-6-4-5-7-11-24/h14,18H,3-13,15-16H2,1-2H3. The van der Waals surface area contributed by atoms with Crippen molar-refractivity contribution in [2.75, 3.05) is 39.3 Å². The van der Waals surface area contributed by atoms with Crippen molar-refractivity contribution < 1.29 is 9.53 Å². The summed E-state index contributed by atoms with van der Waals surface area (Å²) in [7, 11) is 0. The highest BCUT2D eigenvalue weighted by atomic mass is 16.5. The zero-order valence-corrected chi connectivity index (χ0v) is 17.0. The molecule has 3 rings (SSSR count). The van der Waals surface area contributed by atoms with Crippen LogP contribution in [0, 0.1) is 6.92 Å². The Bertz CT molecular complexity index is 606. The average molecular weight is 375 g/mol. The Hall–Kier alpha value is -1.53. The van der Waals surface area contributed by atoms with Crippen molar-refractivity contribution in [3.05, 3.63) is 23.3 Å². The molecule has 0 unspecified atom stereocenters. The molecule has 1 aromatic heterocycles. The smallest absolute Gasteiger partial charge is 0.236 e. The van der Waals surface area contributed by atoms with Crippen LogP contribution in [0.3, 0.4) is 0 Å². The second-order valence-electron chi connectivity index (χ2n) is 7.81. The number of piperidine rings is 1. The zero-order valence-electron chi connectivity index (χ0n) is 17.0. The Labute approximate surface area is 163 Å². The number of carbonyl (C=O) groups is 1. The first-order valence-electron chi connectivity index (χ1n) is 10.6. The van der Waals surface area contributed by atoms with Crippen LogP contribution in [0.25, 0.3) is 0 Å². The van der Waals surface area contributed by atoms with Gasteiger partial charge in [-0.1, -0.05) is 12.8 Å².